The number of benzene rings is 6. The van der Waals surface area contributed by atoms with Crippen molar-refractivity contribution >= 4 is 49.6 Å². The molecule has 5 heterocycles. The summed E-state index contributed by atoms with van der Waals surface area (Å²) in [5.41, 5.74) is 17.5. The predicted octanol–water partition coefficient (Wildman–Crippen LogP) is 11.4. The van der Waals surface area contributed by atoms with Gasteiger partial charge in [0.25, 0.3) is 0 Å². The fourth-order valence-electron chi connectivity index (χ4n) is 8.70. The zero-order chi connectivity index (χ0) is 47.5. The number of cyclic esters (lactones) is 1. The first kappa shape index (κ1) is 47.7. The van der Waals surface area contributed by atoms with Crippen molar-refractivity contribution in [3.63, 3.8) is 0 Å². The van der Waals surface area contributed by atoms with Crippen molar-refractivity contribution in [1.29, 1.82) is 0 Å². The van der Waals surface area contributed by atoms with Crippen LogP contribution in [0.25, 0.3) is 88.1 Å². The molecule has 11 heteroatoms. The second-order valence-corrected chi connectivity index (χ2v) is 16.7. The molecule has 3 N–H and O–H groups in total. The second-order valence-electron chi connectivity index (χ2n) is 16.7. The third kappa shape index (κ3) is 9.81. The van der Waals surface area contributed by atoms with Gasteiger partial charge in [-0.2, -0.15) is 0 Å². The summed E-state index contributed by atoms with van der Waals surface area (Å²) in [7, 11) is 0. The number of carbonyl (C=O) groups is 1. The van der Waals surface area contributed by atoms with Crippen LogP contribution >= 0.6 is 0 Å². The minimum atomic E-state index is -1.53. The zero-order valence-electron chi connectivity index (χ0n) is 38.2. The minimum Gasteiger partial charge on any atom is -0.853 e. The third-order valence-corrected chi connectivity index (χ3v) is 11.8. The molecule has 2 atom stereocenters. The molecule has 1 radical (unpaired) electrons. The fourth-order valence-corrected chi connectivity index (χ4v) is 8.70. The predicted molar refractivity (Wildman–Crippen MR) is 268 cm³/mol. The Balaban J connectivity index is 0.000000150. The van der Waals surface area contributed by atoms with Crippen LogP contribution in [0.5, 0.6) is 0 Å². The summed E-state index contributed by atoms with van der Waals surface area (Å²) in [6.07, 6.45) is -2.95. The van der Waals surface area contributed by atoms with Gasteiger partial charge in [0.05, 0.1) is 28.2 Å². The summed E-state index contributed by atoms with van der Waals surface area (Å²) in [5.74, 6) is -2.87. The number of aliphatic hydroxyl groups is 3. The van der Waals surface area contributed by atoms with Gasteiger partial charge in [-0.25, -0.2) is 4.79 Å². The average molecular weight is 960 g/mol. The number of ether oxygens (including phenoxy) is 1. The van der Waals surface area contributed by atoms with Crippen LogP contribution in [-0.2, 0) is 26.6 Å². The van der Waals surface area contributed by atoms with Gasteiger partial charge in [-0.15, -0.1) is 6.61 Å². The van der Waals surface area contributed by atoms with E-state index in [0.717, 1.165) is 66.4 Å². The van der Waals surface area contributed by atoms with Crippen LogP contribution in [0.2, 0.25) is 0 Å². The third-order valence-electron chi connectivity index (χ3n) is 11.8. The number of rotatable bonds is 6. The molecule has 6 aromatic carbocycles. The van der Waals surface area contributed by atoms with E-state index in [9.17, 15) is 9.90 Å². The quantitative estimate of drug-likeness (QED) is 0.0831. The van der Waals surface area contributed by atoms with Gasteiger partial charge in [-0.1, -0.05) is 146 Å². The largest absolute Gasteiger partial charge is 0.853 e. The summed E-state index contributed by atoms with van der Waals surface area (Å²) in [6, 6.07) is 59.4. The van der Waals surface area contributed by atoms with E-state index in [0.29, 0.717) is 0 Å². The van der Waals surface area contributed by atoms with E-state index in [4.69, 9.17) is 35.3 Å². The topological polar surface area (TPSA) is 162 Å². The number of aliphatic hydroxyl groups excluding tert-OH is 3. The Bertz CT molecular complexity index is 3100. The molecule has 0 spiro atoms. The Labute approximate surface area is 409 Å². The molecule has 1 aliphatic heterocycles. The maximum Gasteiger partial charge on any atom is 0.377 e. The maximum absolute atomic E-state index is 10.5. The molecule has 11 rings (SSSR count). The first-order valence-electron chi connectivity index (χ1n) is 22.2. The van der Waals surface area contributed by atoms with Crippen molar-refractivity contribution in [2.24, 2.45) is 0 Å². The van der Waals surface area contributed by atoms with Gasteiger partial charge in [0.15, 0.2) is 11.9 Å². The first-order valence-corrected chi connectivity index (χ1v) is 22.2. The molecule has 0 fully saturated rings. The Morgan fingerprint density at radius 3 is 0.957 bits per heavy atom. The zero-order valence-corrected chi connectivity index (χ0v) is 39.1. The maximum atomic E-state index is 10.5. The molecule has 2 unspecified atom stereocenters. The van der Waals surface area contributed by atoms with Crippen LogP contribution in [0.4, 0.5) is 0 Å². The molecule has 1 aliphatic rings. The van der Waals surface area contributed by atoms with E-state index in [-0.39, 0.29) is 17.1 Å². The van der Waals surface area contributed by atoms with E-state index < -0.39 is 36.3 Å². The summed E-state index contributed by atoms with van der Waals surface area (Å²) >= 11 is 0. The standard InChI is InChI=1S/2C26H20N2.C6H7O6.Cu/c2*1-17-15-23(19-9-5-3-6-10-19)21-13-14-22-24(20-11-7-4-8-12-20)16-18(2)28-26(22)25(21)27-17;7-1-2(8)5-3(9)4(10)6(11)12-5;/h2*3-16H,1-2H3;2,5,8-10H,1H2;/q;;-1;. The number of carbonyl (C=O) groups excluding carboxylic acids is 1. The van der Waals surface area contributed by atoms with Crippen molar-refractivity contribution in [2.75, 3.05) is 6.61 Å². The van der Waals surface area contributed by atoms with Crippen molar-refractivity contribution in [3.05, 3.63) is 204 Å². The molecular formula is C58H47CuN4O6-. The van der Waals surface area contributed by atoms with E-state index in [1.165, 1.54) is 44.5 Å². The van der Waals surface area contributed by atoms with Crippen LogP contribution in [-0.4, -0.2) is 60.0 Å². The number of aryl methyl sites for hydroxylation is 4. The van der Waals surface area contributed by atoms with Crippen LogP contribution < -0.4 is 5.11 Å². The molecule has 4 aromatic heterocycles. The summed E-state index contributed by atoms with van der Waals surface area (Å²) in [6.45, 7) is 7.30. The summed E-state index contributed by atoms with van der Waals surface area (Å²) in [4.78, 5) is 30.1. The fraction of sp³-hybridized carbons (Fsp3) is 0.121. The molecule has 10 aromatic rings. The molecule has 0 aliphatic carbocycles. The van der Waals surface area contributed by atoms with Crippen molar-refractivity contribution in [1.82, 2.24) is 19.9 Å². The van der Waals surface area contributed by atoms with Gasteiger partial charge >= 0.3 is 5.97 Å². The molecular weight excluding hydrogens is 912 g/mol. The monoisotopic (exact) mass is 958 g/mol. The molecule has 0 bridgehead atoms. The SMILES string of the molecule is Cc1cc(-c2ccccc2)c2ccc3c(-c4ccccc4)cc(C)nc3c2n1.Cc1cc(-c2ccccc2)c2ccc3c(-c4ccccc4)cc(C)nc3c2n1.O=C1OC(C(O)C[O-])C(O)=C1O.[Cu]. The van der Waals surface area contributed by atoms with Gasteiger partial charge in [0, 0.05) is 61.4 Å². The van der Waals surface area contributed by atoms with Gasteiger partial charge in [-0.3, -0.25) is 19.9 Å². The van der Waals surface area contributed by atoms with Crippen molar-refractivity contribution in [2.45, 2.75) is 39.9 Å². The number of esters is 1. The molecule has 0 saturated heterocycles. The minimum absolute atomic E-state index is 0. The van der Waals surface area contributed by atoms with Crippen LogP contribution in [0.15, 0.2) is 181 Å². The van der Waals surface area contributed by atoms with E-state index >= 15 is 0 Å². The number of fused-ring (bicyclic) bond motifs is 6. The Morgan fingerprint density at radius 2 is 0.739 bits per heavy atom. The van der Waals surface area contributed by atoms with Gasteiger partial charge in [-0.05, 0) is 96.5 Å². The first-order chi connectivity index (χ1) is 33.0. The Hall–Kier alpha value is -7.79. The van der Waals surface area contributed by atoms with Crippen molar-refractivity contribution < 1.29 is 47.0 Å². The molecule has 347 valence electrons. The smallest absolute Gasteiger partial charge is 0.377 e. The number of hydrogen-bond donors (Lipinski definition) is 3. The molecule has 10 nitrogen and oxygen atoms in total. The van der Waals surface area contributed by atoms with Gasteiger partial charge < -0.3 is 25.2 Å². The second kappa shape index (κ2) is 20.6. The number of aromatic nitrogens is 4. The normalized spacial score (nSPS) is 13.6. The van der Waals surface area contributed by atoms with E-state index in [1.54, 1.807) is 0 Å². The molecule has 69 heavy (non-hydrogen) atoms. The Morgan fingerprint density at radius 1 is 0.478 bits per heavy atom. The summed E-state index contributed by atoms with van der Waals surface area (Å²) < 4.78 is 4.28. The number of nitrogens with zero attached hydrogens (tertiary/aromatic N) is 4. The van der Waals surface area contributed by atoms with Crippen molar-refractivity contribution in [3.8, 4) is 44.5 Å². The Kier molecular flexibility index (Phi) is 14.2. The number of hydrogen-bond acceptors (Lipinski definition) is 10. The van der Waals surface area contributed by atoms with E-state index in [2.05, 4.69) is 178 Å². The van der Waals surface area contributed by atoms with Crippen LogP contribution in [0.3, 0.4) is 0 Å². The number of pyridine rings is 4. The van der Waals surface area contributed by atoms with Gasteiger partial charge in [0.1, 0.15) is 0 Å². The average Bonchev–Trinajstić information content (AvgIpc) is 3.63. The van der Waals surface area contributed by atoms with Gasteiger partial charge in [0.2, 0.25) is 5.76 Å². The summed E-state index contributed by atoms with van der Waals surface area (Å²) in [5, 5.41) is 41.2. The van der Waals surface area contributed by atoms with Crippen LogP contribution in [0.1, 0.15) is 22.8 Å². The molecule has 0 saturated carbocycles. The van der Waals surface area contributed by atoms with E-state index in [1.807, 2.05) is 24.3 Å². The molecule has 0 amide bonds. The van der Waals surface area contributed by atoms with Crippen LogP contribution in [0, 0.1) is 27.7 Å².